The van der Waals surface area contributed by atoms with Gasteiger partial charge in [0.15, 0.2) is 0 Å². The summed E-state index contributed by atoms with van der Waals surface area (Å²) < 4.78 is 6.17. The molecule has 0 aromatic heterocycles. The number of fused-ring (bicyclic) bond motifs is 6. The van der Waals surface area contributed by atoms with Crippen molar-refractivity contribution in [1.29, 1.82) is 0 Å². The minimum Gasteiger partial charge on any atom is -0.455 e. The maximum absolute atomic E-state index is 6.17. The van der Waals surface area contributed by atoms with Crippen LogP contribution in [0.5, 0.6) is 11.5 Å². The highest BCUT2D eigenvalue weighted by atomic mass is 32.2. The lowest BCUT2D eigenvalue weighted by Gasteiger charge is -2.26. The minimum atomic E-state index is 0.885. The first-order chi connectivity index (χ1) is 10.9. The summed E-state index contributed by atoms with van der Waals surface area (Å²) in [6.07, 6.45) is 6.03. The third-order valence-corrected chi connectivity index (χ3v) is 5.64. The van der Waals surface area contributed by atoms with Crippen molar-refractivity contribution in [3.05, 3.63) is 46.5 Å². The Morgan fingerprint density at radius 3 is 1.86 bits per heavy atom. The Bertz CT molecular complexity index is 785. The number of aliphatic imine (C=N–C) groups is 2. The number of hydrogen-bond acceptors (Lipinski definition) is 4. The highest BCUT2D eigenvalue weighted by molar-refractivity contribution is 7.99. The van der Waals surface area contributed by atoms with E-state index in [1.165, 1.54) is 32.0 Å². The van der Waals surface area contributed by atoms with Crippen LogP contribution in [0.2, 0.25) is 0 Å². The molecule has 4 heteroatoms. The SMILES string of the molecule is C1=NCCc2ccc3c(c21)Sc1c(ccc2c1C=NCC2)O3. The number of rotatable bonds is 0. The first-order valence-corrected chi connectivity index (χ1v) is 8.39. The van der Waals surface area contributed by atoms with Crippen molar-refractivity contribution in [1.82, 2.24) is 0 Å². The molecule has 0 saturated carbocycles. The second-order valence-electron chi connectivity index (χ2n) is 5.71. The summed E-state index contributed by atoms with van der Waals surface area (Å²) in [6, 6.07) is 8.53. The molecule has 3 aliphatic rings. The summed E-state index contributed by atoms with van der Waals surface area (Å²) in [5, 5.41) is 0. The van der Waals surface area contributed by atoms with E-state index in [2.05, 4.69) is 34.3 Å². The van der Waals surface area contributed by atoms with Crippen LogP contribution in [0.25, 0.3) is 0 Å². The normalized spacial score (nSPS) is 17.1. The Morgan fingerprint density at radius 2 is 1.32 bits per heavy atom. The lowest BCUT2D eigenvalue weighted by Crippen LogP contribution is -2.10. The number of ether oxygens (including phenoxy) is 1. The van der Waals surface area contributed by atoms with Gasteiger partial charge in [-0.25, -0.2) is 0 Å². The molecular weight excluding hydrogens is 292 g/mol. The van der Waals surface area contributed by atoms with E-state index in [1.54, 1.807) is 11.8 Å². The smallest absolute Gasteiger partial charge is 0.142 e. The van der Waals surface area contributed by atoms with Gasteiger partial charge in [0.25, 0.3) is 0 Å². The first-order valence-electron chi connectivity index (χ1n) is 7.57. The second kappa shape index (κ2) is 4.71. The average molecular weight is 306 g/mol. The molecule has 22 heavy (non-hydrogen) atoms. The number of nitrogens with zero attached hydrogens (tertiary/aromatic N) is 2. The molecule has 0 amide bonds. The van der Waals surface area contributed by atoms with Gasteiger partial charge in [-0.15, -0.1) is 0 Å². The Kier molecular flexibility index (Phi) is 2.67. The Morgan fingerprint density at radius 1 is 0.773 bits per heavy atom. The zero-order chi connectivity index (χ0) is 14.5. The van der Waals surface area contributed by atoms with Crippen LogP contribution in [0.3, 0.4) is 0 Å². The highest BCUT2D eigenvalue weighted by Crippen LogP contribution is 2.51. The van der Waals surface area contributed by atoms with Crippen LogP contribution in [-0.2, 0) is 12.8 Å². The largest absolute Gasteiger partial charge is 0.455 e. The molecule has 0 spiro atoms. The molecule has 2 aromatic rings. The zero-order valence-electron chi connectivity index (χ0n) is 12.0. The van der Waals surface area contributed by atoms with Gasteiger partial charge >= 0.3 is 0 Å². The van der Waals surface area contributed by atoms with E-state index < -0.39 is 0 Å². The molecule has 0 N–H and O–H groups in total. The van der Waals surface area contributed by atoms with Gasteiger partial charge in [0.05, 0.1) is 9.79 Å². The molecule has 108 valence electrons. The molecule has 3 nitrogen and oxygen atoms in total. The minimum absolute atomic E-state index is 0.885. The van der Waals surface area contributed by atoms with Crippen LogP contribution in [0.1, 0.15) is 22.3 Å². The standard InChI is InChI=1S/C18H14N2OS/c1-3-15-17(13-9-19-7-5-11(1)13)22-18-14-10-20-8-6-12(14)2-4-16(18)21-15/h1-4,9-10H,5-8H2. The second-order valence-corrected chi connectivity index (χ2v) is 6.73. The summed E-state index contributed by atoms with van der Waals surface area (Å²) in [5.41, 5.74) is 5.19. The van der Waals surface area contributed by atoms with Gasteiger partial charge < -0.3 is 4.74 Å². The fourth-order valence-electron chi connectivity index (χ4n) is 3.23. The highest BCUT2D eigenvalue weighted by Gasteiger charge is 2.26. The van der Waals surface area contributed by atoms with Crippen LogP contribution in [0.15, 0.2) is 44.0 Å². The first kappa shape index (κ1) is 12.5. The van der Waals surface area contributed by atoms with Crippen LogP contribution >= 0.6 is 11.8 Å². The number of benzene rings is 2. The lowest BCUT2D eigenvalue weighted by atomic mass is 10.0. The molecule has 5 rings (SSSR count). The Hall–Kier alpha value is -2.07. The molecular formula is C18H14N2OS. The summed E-state index contributed by atoms with van der Waals surface area (Å²) in [5.74, 6) is 1.88. The Balaban J connectivity index is 1.70. The molecule has 0 atom stereocenters. The van der Waals surface area contributed by atoms with Gasteiger partial charge in [0.2, 0.25) is 0 Å². The molecule has 0 aliphatic carbocycles. The molecule has 0 bridgehead atoms. The molecule has 3 heterocycles. The van der Waals surface area contributed by atoms with Crippen LogP contribution in [0.4, 0.5) is 0 Å². The maximum Gasteiger partial charge on any atom is 0.142 e. The van der Waals surface area contributed by atoms with Crippen molar-refractivity contribution >= 4 is 24.2 Å². The fraction of sp³-hybridized carbons (Fsp3) is 0.222. The van der Waals surface area contributed by atoms with Crippen molar-refractivity contribution < 1.29 is 4.74 Å². The predicted molar refractivity (Wildman–Crippen MR) is 89.4 cm³/mol. The van der Waals surface area contributed by atoms with Gasteiger partial charge in [-0.2, -0.15) is 0 Å². The van der Waals surface area contributed by atoms with Gasteiger partial charge in [0, 0.05) is 36.6 Å². The van der Waals surface area contributed by atoms with Crippen LogP contribution in [0, 0.1) is 0 Å². The number of hydrogen-bond donors (Lipinski definition) is 0. The Labute approximate surface area is 133 Å². The van der Waals surface area contributed by atoms with Gasteiger partial charge in [0.1, 0.15) is 11.5 Å². The van der Waals surface area contributed by atoms with E-state index in [0.29, 0.717) is 0 Å². The topological polar surface area (TPSA) is 34.0 Å². The predicted octanol–water partition coefficient (Wildman–Crippen LogP) is 3.89. The van der Waals surface area contributed by atoms with Crippen molar-refractivity contribution in [3.8, 4) is 11.5 Å². The quantitative estimate of drug-likeness (QED) is 0.631. The van der Waals surface area contributed by atoms with Crippen LogP contribution < -0.4 is 4.74 Å². The molecule has 0 saturated heterocycles. The van der Waals surface area contributed by atoms with Crippen LogP contribution in [-0.4, -0.2) is 25.5 Å². The average Bonchev–Trinajstić information content (AvgIpc) is 2.60. The molecule has 0 unspecified atom stereocenters. The van der Waals surface area contributed by atoms with E-state index in [4.69, 9.17) is 4.74 Å². The zero-order valence-corrected chi connectivity index (χ0v) is 12.8. The third kappa shape index (κ3) is 1.77. The van der Waals surface area contributed by atoms with E-state index in [-0.39, 0.29) is 0 Å². The van der Waals surface area contributed by atoms with Crippen molar-refractivity contribution in [2.24, 2.45) is 9.98 Å². The van der Waals surface area contributed by atoms with Gasteiger partial charge in [-0.1, -0.05) is 23.9 Å². The maximum atomic E-state index is 6.17. The van der Waals surface area contributed by atoms with E-state index in [0.717, 1.165) is 37.4 Å². The van der Waals surface area contributed by atoms with E-state index in [9.17, 15) is 0 Å². The summed E-state index contributed by atoms with van der Waals surface area (Å²) in [6.45, 7) is 1.77. The van der Waals surface area contributed by atoms with E-state index in [1.807, 2.05) is 12.4 Å². The van der Waals surface area contributed by atoms with Crippen molar-refractivity contribution in [3.63, 3.8) is 0 Å². The summed E-state index contributed by atoms with van der Waals surface area (Å²) >= 11 is 1.80. The molecule has 3 aliphatic heterocycles. The van der Waals surface area contributed by atoms with Gasteiger partial charge in [-0.3, -0.25) is 9.98 Å². The molecule has 0 radical (unpaired) electrons. The lowest BCUT2D eigenvalue weighted by molar-refractivity contribution is 0.453. The van der Waals surface area contributed by atoms with Crippen molar-refractivity contribution in [2.75, 3.05) is 13.1 Å². The summed E-state index contributed by atoms with van der Waals surface area (Å²) in [4.78, 5) is 11.3. The van der Waals surface area contributed by atoms with Gasteiger partial charge in [-0.05, 0) is 36.1 Å². The third-order valence-electron chi connectivity index (χ3n) is 4.39. The van der Waals surface area contributed by atoms with Crippen molar-refractivity contribution in [2.45, 2.75) is 22.6 Å². The van der Waals surface area contributed by atoms with E-state index >= 15 is 0 Å². The molecule has 0 fully saturated rings. The monoisotopic (exact) mass is 306 g/mol. The fourth-order valence-corrected chi connectivity index (χ4v) is 4.45. The molecule has 2 aromatic carbocycles. The summed E-state index contributed by atoms with van der Waals surface area (Å²) in [7, 11) is 0.